The summed E-state index contributed by atoms with van der Waals surface area (Å²) in [4.78, 5) is 8.69. The number of likely N-dealkylation sites (N-methyl/N-ethyl adjacent to an activating group) is 1. The Kier molecular flexibility index (Phi) is 9.70. The summed E-state index contributed by atoms with van der Waals surface area (Å²) >= 11 is 0. The summed E-state index contributed by atoms with van der Waals surface area (Å²) in [5, 5.41) is 53.5. The Labute approximate surface area is 246 Å². The topological polar surface area (TPSA) is 145 Å². The van der Waals surface area contributed by atoms with Gasteiger partial charge >= 0.3 is 0 Å². The highest BCUT2D eigenvalue weighted by Crippen LogP contribution is 2.43. The molecular weight excluding hydrogens is 544 g/mol. The lowest BCUT2D eigenvalue weighted by molar-refractivity contribution is -0.277. The Morgan fingerprint density at radius 1 is 1.00 bits per heavy atom. The maximum absolute atomic E-state index is 10.9. The van der Waals surface area contributed by atoms with Crippen molar-refractivity contribution in [2.24, 2.45) is 0 Å². The number of phenols is 1. The van der Waals surface area contributed by atoms with Gasteiger partial charge in [0.25, 0.3) is 0 Å². The molecule has 0 bridgehead atoms. The van der Waals surface area contributed by atoms with Gasteiger partial charge in [0.05, 0.1) is 31.9 Å². The van der Waals surface area contributed by atoms with Gasteiger partial charge in [-0.25, -0.2) is 0 Å². The van der Waals surface area contributed by atoms with Crippen LogP contribution >= 0.6 is 0 Å². The fourth-order valence-corrected chi connectivity index (χ4v) is 5.52. The molecule has 11 nitrogen and oxygen atoms in total. The molecule has 3 aliphatic rings. The average Bonchev–Trinajstić information content (AvgIpc) is 3.42. The minimum Gasteiger partial charge on any atom is -0.508 e. The second kappa shape index (κ2) is 13.3. The maximum Gasteiger partial charge on any atom is 0.229 e. The van der Waals surface area contributed by atoms with Crippen LogP contribution in [0, 0.1) is 0 Å². The third-order valence-electron chi connectivity index (χ3n) is 8.08. The minimum absolute atomic E-state index is 0.00620. The van der Waals surface area contributed by atoms with Gasteiger partial charge < -0.3 is 44.6 Å². The number of aliphatic hydroxyl groups excluding tert-OH is 4. The molecule has 11 heteroatoms. The number of aliphatic hydroxyl groups is 4. The van der Waals surface area contributed by atoms with Crippen LogP contribution in [-0.2, 0) is 20.9 Å². The molecule has 3 heterocycles. The number of nitrogens with zero attached hydrogens (tertiary/aromatic N) is 2. The average molecular weight is 587 g/mol. The van der Waals surface area contributed by atoms with Crippen molar-refractivity contribution in [1.29, 1.82) is 0 Å². The minimum atomic E-state index is -1.60. The molecule has 5 atom stereocenters. The van der Waals surface area contributed by atoms with Gasteiger partial charge in [-0.15, -0.1) is 5.06 Å². The van der Waals surface area contributed by atoms with Crippen molar-refractivity contribution >= 4 is 11.3 Å². The van der Waals surface area contributed by atoms with E-state index >= 15 is 0 Å². The number of rotatable bonds is 9. The summed E-state index contributed by atoms with van der Waals surface area (Å²) in [6.45, 7) is 10.6. The molecule has 2 saturated heterocycles. The van der Waals surface area contributed by atoms with Crippen LogP contribution in [0.3, 0.4) is 0 Å². The molecular formula is C31H42N2O9. The van der Waals surface area contributed by atoms with Gasteiger partial charge in [-0.1, -0.05) is 38.1 Å². The van der Waals surface area contributed by atoms with Crippen molar-refractivity contribution in [3.63, 3.8) is 0 Å². The first kappa shape index (κ1) is 30.7. The van der Waals surface area contributed by atoms with Gasteiger partial charge in [0, 0.05) is 37.8 Å². The Hall–Kier alpha value is -2.74. The summed E-state index contributed by atoms with van der Waals surface area (Å²) in [7, 11) is 0. The van der Waals surface area contributed by atoms with E-state index in [1.807, 2.05) is 25.8 Å². The summed E-state index contributed by atoms with van der Waals surface area (Å²) < 4.78 is 17.1. The van der Waals surface area contributed by atoms with Crippen LogP contribution in [-0.4, -0.2) is 112 Å². The molecule has 0 unspecified atom stereocenters. The van der Waals surface area contributed by atoms with Crippen molar-refractivity contribution in [3.8, 4) is 11.5 Å². The van der Waals surface area contributed by atoms with Crippen molar-refractivity contribution in [1.82, 2.24) is 9.96 Å². The van der Waals surface area contributed by atoms with Gasteiger partial charge in [0.1, 0.15) is 35.9 Å². The molecule has 0 aliphatic carbocycles. The van der Waals surface area contributed by atoms with Crippen molar-refractivity contribution < 1.29 is 44.6 Å². The molecule has 0 aromatic heterocycles. The van der Waals surface area contributed by atoms with Gasteiger partial charge in [0.15, 0.2) is 5.76 Å². The number of phenolic OH excluding ortho intramolecular Hbond substituents is 1. The molecule has 230 valence electrons. The second-order valence-corrected chi connectivity index (χ2v) is 11.3. The van der Waals surface area contributed by atoms with E-state index in [0.717, 1.165) is 44.0 Å². The van der Waals surface area contributed by atoms with Gasteiger partial charge in [-0.3, -0.25) is 4.90 Å². The monoisotopic (exact) mass is 586 g/mol. The van der Waals surface area contributed by atoms with E-state index in [0.29, 0.717) is 30.0 Å². The molecule has 0 amide bonds. The number of aromatic hydroxyl groups is 1. The third kappa shape index (κ3) is 6.43. The van der Waals surface area contributed by atoms with E-state index in [-0.39, 0.29) is 17.4 Å². The predicted octanol–water partition coefficient (Wildman–Crippen LogP) is 1.66. The van der Waals surface area contributed by atoms with Crippen LogP contribution in [0.25, 0.3) is 11.3 Å². The van der Waals surface area contributed by atoms with Crippen LogP contribution in [0.1, 0.15) is 48.9 Å². The van der Waals surface area contributed by atoms with Crippen LogP contribution in [0.15, 0.2) is 36.4 Å². The SMILES string of the molecule is CCN1CC(c2ccc(CN3CCOCC3)cc2)=C(c2cc(C(C)C)c(O)cc2O[C@@H]2O[C@H](CO)[C@H](O)[C@H](O)[C@H]2O)O1. The summed E-state index contributed by atoms with van der Waals surface area (Å²) in [5.74, 6) is 0.681. The zero-order chi connectivity index (χ0) is 30.0. The van der Waals surface area contributed by atoms with Crippen molar-refractivity contribution in [2.75, 3.05) is 46.0 Å². The Morgan fingerprint density at radius 2 is 1.71 bits per heavy atom. The quantitative estimate of drug-likeness (QED) is 0.293. The van der Waals surface area contributed by atoms with E-state index in [2.05, 4.69) is 29.2 Å². The fourth-order valence-electron chi connectivity index (χ4n) is 5.52. The number of benzene rings is 2. The molecule has 2 aromatic rings. The van der Waals surface area contributed by atoms with Crippen LogP contribution in [0.5, 0.6) is 11.5 Å². The lowest BCUT2D eigenvalue weighted by Crippen LogP contribution is -2.60. The van der Waals surface area contributed by atoms with E-state index in [1.54, 1.807) is 6.07 Å². The van der Waals surface area contributed by atoms with Crippen LogP contribution in [0.4, 0.5) is 0 Å². The molecule has 2 fully saturated rings. The standard InChI is InChI=1S/C31H42N2O9/c1-4-33-16-23(20-7-5-19(6-8-20)15-32-9-11-39-12-10-32)30(42-33)22-13-21(18(2)3)24(35)14-25(22)40-31-29(38)28(37)27(36)26(17-34)41-31/h5-8,13-14,18,26-29,31,34-38H,4,9-12,15-17H2,1-3H3/t26-,27+,28+,29-,31-/m1/s1. The summed E-state index contributed by atoms with van der Waals surface area (Å²) in [6, 6.07) is 11.6. The van der Waals surface area contributed by atoms with E-state index in [9.17, 15) is 25.5 Å². The van der Waals surface area contributed by atoms with Crippen LogP contribution in [0.2, 0.25) is 0 Å². The Balaban J connectivity index is 1.51. The molecule has 0 saturated carbocycles. The smallest absolute Gasteiger partial charge is 0.229 e. The van der Waals surface area contributed by atoms with E-state index < -0.39 is 37.3 Å². The maximum atomic E-state index is 10.9. The highest BCUT2D eigenvalue weighted by atomic mass is 16.7. The summed E-state index contributed by atoms with van der Waals surface area (Å²) in [6.07, 6.45) is -7.28. The number of hydroxylamine groups is 2. The second-order valence-electron chi connectivity index (χ2n) is 11.3. The normalized spacial score (nSPS) is 27.5. The first-order valence-corrected chi connectivity index (χ1v) is 14.6. The molecule has 0 radical (unpaired) electrons. The lowest BCUT2D eigenvalue weighted by atomic mass is 9.95. The van der Waals surface area contributed by atoms with Gasteiger partial charge in [-0.05, 0) is 35.6 Å². The number of morpholine rings is 1. The molecule has 5 rings (SSSR count). The Bertz CT molecular complexity index is 1240. The Morgan fingerprint density at radius 3 is 2.36 bits per heavy atom. The van der Waals surface area contributed by atoms with Crippen molar-refractivity contribution in [2.45, 2.75) is 63.9 Å². The van der Waals surface area contributed by atoms with Crippen LogP contribution < -0.4 is 4.74 Å². The summed E-state index contributed by atoms with van der Waals surface area (Å²) in [5.41, 5.74) is 4.32. The largest absolute Gasteiger partial charge is 0.508 e. The molecule has 5 N–H and O–H groups in total. The van der Waals surface area contributed by atoms with Crippen molar-refractivity contribution in [3.05, 3.63) is 58.7 Å². The molecule has 2 aromatic carbocycles. The number of hydrogen-bond acceptors (Lipinski definition) is 11. The zero-order valence-corrected chi connectivity index (χ0v) is 24.3. The van der Waals surface area contributed by atoms with E-state index in [4.69, 9.17) is 19.0 Å². The highest BCUT2D eigenvalue weighted by molar-refractivity contribution is 5.91. The fraction of sp³-hybridized carbons (Fsp3) is 0.548. The zero-order valence-electron chi connectivity index (χ0n) is 24.3. The lowest BCUT2D eigenvalue weighted by Gasteiger charge is -2.39. The number of hydrogen-bond donors (Lipinski definition) is 5. The predicted molar refractivity (Wildman–Crippen MR) is 154 cm³/mol. The molecule has 0 spiro atoms. The first-order chi connectivity index (χ1) is 20.2. The number of ether oxygens (including phenoxy) is 3. The highest BCUT2D eigenvalue weighted by Gasteiger charge is 2.45. The van der Waals surface area contributed by atoms with Gasteiger partial charge in [-0.2, -0.15) is 0 Å². The first-order valence-electron chi connectivity index (χ1n) is 14.6. The molecule has 42 heavy (non-hydrogen) atoms. The molecule has 3 aliphatic heterocycles. The van der Waals surface area contributed by atoms with Gasteiger partial charge in [0.2, 0.25) is 6.29 Å². The third-order valence-corrected chi connectivity index (χ3v) is 8.08. The van der Waals surface area contributed by atoms with E-state index in [1.165, 1.54) is 11.6 Å².